The number of anilines is 1. The first-order valence-electron chi connectivity index (χ1n) is 4.81. The Morgan fingerprint density at radius 2 is 2.20 bits per heavy atom. The number of aryl methyl sites for hydroxylation is 1. The van der Waals surface area contributed by atoms with Crippen LogP contribution in [-0.4, -0.2) is 11.1 Å². The zero-order valence-corrected chi connectivity index (χ0v) is 8.27. The van der Waals surface area contributed by atoms with E-state index in [0.29, 0.717) is 24.4 Å². The third-order valence-electron chi connectivity index (χ3n) is 2.28. The van der Waals surface area contributed by atoms with Gasteiger partial charge in [-0.1, -0.05) is 0 Å². The lowest BCUT2D eigenvalue weighted by atomic mass is 10.3. The van der Waals surface area contributed by atoms with Crippen molar-refractivity contribution in [3.8, 4) is 0 Å². The lowest BCUT2D eigenvalue weighted by molar-refractivity contribution is 0.499. The van der Waals surface area contributed by atoms with Gasteiger partial charge < -0.3 is 15.9 Å². The topological polar surface area (TPSA) is 87.2 Å². The van der Waals surface area contributed by atoms with Crippen molar-refractivity contribution in [1.82, 2.24) is 4.57 Å². The van der Waals surface area contributed by atoms with Crippen LogP contribution in [0.15, 0.2) is 27.4 Å². The highest BCUT2D eigenvalue weighted by atomic mass is 16.4. The molecule has 1 heterocycles. The number of fused-ring (bicyclic) bond motifs is 1. The first kappa shape index (κ1) is 9.79. The second kappa shape index (κ2) is 3.78. The SMILES string of the molecule is NCCCn1c(=O)oc2ccc(N)cc21. The van der Waals surface area contributed by atoms with E-state index in [0.717, 1.165) is 11.9 Å². The van der Waals surface area contributed by atoms with Crippen molar-refractivity contribution in [1.29, 1.82) is 0 Å². The van der Waals surface area contributed by atoms with Crippen molar-refractivity contribution < 1.29 is 4.42 Å². The minimum absolute atomic E-state index is 0.357. The molecule has 0 bridgehead atoms. The van der Waals surface area contributed by atoms with Crippen LogP contribution in [0.2, 0.25) is 0 Å². The van der Waals surface area contributed by atoms with Crippen LogP contribution in [0.5, 0.6) is 0 Å². The smallest absolute Gasteiger partial charge is 0.408 e. The molecule has 0 fully saturated rings. The predicted octanol–water partition coefficient (Wildman–Crippen LogP) is 0.525. The van der Waals surface area contributed by atoms with E-state index in [1.807, 2.05) is 0 Å². The highest BCUT2D eigenvalue weighted by Crippen LogP contribution is 2.16. The van der Waals surface area contributed by atoms with Gasteiger partial charge in [-0.15, -0.1) is 0 Å². The highest BCUT2D eigenvalue weighted by Gasteiger charge is 2.08. The van der Waals surface area contributed by atoms with Gasteiger partial charge in [-0.05, 0) is 31.2 Å². The van der Waals surface area contributed by atoms with Gasteiger partial charge in [0.2, 0.25) is 0 Å². The van der Waals surface area contributed by atoms with Crippen LogP contribution >= 0.6 is 0 Å². The Balaban J connectivity index is 2.55. The second-order valence-electron chi connectivity index (χ2n) is 3.39. The van der Waals surface area contributed by atoms with Crippen LogP contribution in [-0.2, 0) is 6.54 Å². The molecular formula is C10H13N3O2. The van der Waals surface area contributed by atoms with Crippen LogP contribution in [0.1, 0.15) is 6.42 Å². The van der Waals surface area contributed by atoms with E-state index >= 15 is 0 Å². The lowest BCUT2D eigenvalue weighted by Gasteiger charge is -2.00. The molecule has 80 valence electrons. The van der Waals surface area contributed by atoms with E-state index < -0.39 is 0 Å². The molecule has 0 aliphatic carbocycles. The van der Waals surface area contributed by atoms with Gasteiger partial charge in [-0.2, -0.15) is 0 Å². The van der Waals surface area contributed by atoms with Crippen molar-refractivity contribution >= 4 is 16.8 Å². The number of benzene rings is 1. The van der Waals surface area contributed by atoms with Crippen molar-refractivity contribution in [3.05, 3.63) is 28.7 Å². The van der Waals surface area contributed by atoms with Crippen LogP contribution in [0.4, 0.5) is 5.69 Å². The molecule has 0 amide bonds. The summed E-state index contributed by atoms with van der Waals surface area (Å²) in [6.45, 7) is 1.10. The molecule has 1 aromatic heterocycles. The molecule has 0 radical (unpaired) electrons. The van der Waals surface area contributed by atoms with Crippen LogP contribution < -0.4 is 17.2 Å². The predicted molar refractivity (Wildman–Crippen MR) is 58.6 cm³/mol. The van der Waals surface area contributed by atoms with Gasteiger partial charge in [0.15, 0.2) is 5.58 Å². The maximum Gasteiger partial charge on any atom is 0.419 e. The van der Waals surface area contributed by atoms with Crippen LogP contribution in [0.3, 0.4) is 0 Å². The highest BCUT2D eigenvalue weighted by molar-refractivity contribution is 5.76. The molecule has 1 aromatic carbocycles. The van der Waals surface area contributed by atoms with E-state index in [2.05, 4.69) is 0 Å². The Bertz CT molecular complexity index is 527. The van der Waals surface area contributed by atoms with Crippen molar-refractivity contribution in [2.24, 2.45) is 5.73 Å². The summed E-state index contributed by atoms with van der Waals surface area (Å²) in [5.41, 5.74) is 13.0. The maximum absolute atomic E-state index is 11.5. The normalized spacial score (nSPS) is 11.0. The van der Waals surface area contributed by atoms with Gasteiger partial charge in [-0.25, -0.2) is 4.79 Å². The Hall–Kier alpha value is -1.75. The molecule has 0 saturated carbocycles. The largest absolute Gasteiger partial charge is 0.419 e. The molecule has 0 atom stereocenters. The third kappa shape index (κ3) is 1.73. The van der Waals surface area contributed by atoms with E-state index in [1.165, 1.54) is 0 Å². The lowest BCUT2D eigenvalue weighted by Crippen LogP contribution is -2.16. The Labute approximate surface area is 86.3 Å². The minimum atomic E-state index is -0.357. The summed E-state index contributed by atoms with van der Waals surface area (Å²) in [6, 6.07) is 5.14. The average molecular weight is 207 g/mol. The number of nitrogens with zero attached hydrogens (tertiary/aromatic N) is 1. The number of hydrogen-bond acceptors (Lipinski definition) is 4. The zero-order chi connectivity index (χ0) is 10.8. The van der Waals surface area contributed by atoms with E-state index in [1.54, 1.807) is 22.8 Å². The molecule has 15 heavy (non-hydrogen) atoms. The minimum Gasteiger partial charge on any atom is -0.408 e. The van der Waals surface area contributed by atoms with Gasteiger partial charge in [-0.3, -0.25) is 4.57 Å². The molecule has 0 unspecified atom stereocenters. The number of rotatable bonds is 3. The van der Waals surface area contributed by atoms with E-state index in [-0.39, 0.29) is 5.76 Å². The van der Waals surface area contributed by atoms with Crippen molar-refractivity contribution in [2.75, 3.05) is 12.3 Å². The first-order valence-corrected chi connectivity index (χ1v) is 4.81. The summed E-state index contributed by atoms with van der Waals surface area (Å²) in [6.07, 6.45) is 0.739. The maximum atomic E-state index is 11.5. The third-order valence-corrected chi connectivity index (χ3v) is 2.28. The summed E-state index contributed by atoms with van der Waals surface area (Å²) in [5, 5.41) is 0. The Morgan fingerprint density at radius 1 is 1.40 bits per heavy atom. The number of nitrogen functional groups attached to an aromatic ring is 1. The summed E-state index contributed by atoms with van der Waals surface area (Å²) >= 11 is 0. The molecule has 5 nitrogen and oxygen atoms in total. The van der Waals surface area contributed by atoms with Gasteiger partial charge in [0.25, 0.3) is 0 Å². The molecule has 4 N–H and O–H groups in total. The molecule has 0 aliphatic heterocycles. The molecule has 0 aliphatic rings. The fourth-order valence-corrected chi connectivity index (χ4v) is 1.54. The van der Waals surface area contributed by atoms with Crippen molar-refractivity contribution in [2.45, 2.75) is 13.0 Å². The van der Waals surface area contributed by atoms with E-state index in [9.17, 15) is 4.79 Å². The summed E-state index contributed by atoms with van der Waals surface area (Å²) in [7, 11) is 0. The molecule has 5 heteroatoms. The van der Waals surface area contributed by atoms with E-state index in [4.69, 9.17) is 15.9 Å². The van der Waals surface area contributed by atoms with Gasteiger partial charge >= 0.3 is 5.76 Å². The fourth-order valence-electron chi connectivity index (χ4n) is 1.54. The zero-order valence-electron chi connectivity index (χ0n) is 8.27. The Kier molecular flexibility index (Phi) is 2.47. The molecule has 0 saturated heterocycles. The molecule has 0 spiro atoms. The first-order chi connectivity index (χ1) is 7.22. The summed E-state index contributed by atoms with van der Waals surface area (Å²) in [5.74, 6) is -0.357. The molecule has 2 rings (SSSR count). The fraction of sp³-hybridized carbons (Fsp3) is 0.300. The molecule has 2 aromatic rings. The monoisotopic (exact) mass is 207 g/mol. The van der Waals surface area contributed by atoms with Gasteiger partial charge in [0.05, 0.1) is 5.52 Å². The van der Waals surface area contributed by atoms with Gasteiger partial charge in [0, 0.05) is 12.2 Å². The summed E-state index contributed by atoms with van der Waals surface area (Å²) in [4.78, 5) is 11.5. The van der Waals surface area contributed by atoms with Crippen LogP contribution in [0, 0.1) is 0 Å². The number of hydrogen-bond donors (Lipinski definition) is 2. The Morgan fingerprint density at radius 3 is 2.93 bits per heavy atom. The molecular weight excluding hydrogens is 194 g/mol. The number of nitrogens with two attached hydrogens (primary N) is 2. The van der Waals surface area contributed by atoms with Crippen molar-refractivity contribution in [3.63, 3.8) is 0 Å². The average Bonchev–Trinajstić information content (AvgIpc) is 2.51. The standard InChI is InChI=1S/C10H13N3O2/c11-4-1-5-13-8-6-7(12)2-3-9(8)15-10(13)14/h2-3,6H,1,4-5,11-12H2. The second-order valence-corrected chi connectivity index (χ2v) is 3.39. The number of aromatic nitrogens is 1. The number of oxazole rings is 1. The van der Waals surface area contributed by atoms with Gasteiger partial charge in [0.1, 0.15) is 0 Å². The van der Waals surface area contributed by atoms with Crippen LogP contribution in [0.25, 0.3) is 11.1 Å². The summed E-state index contributed by atoms with van der Waals surface area (Å²) < 4.78 is 6.62. The quantitative estimate of drug-likeness (QED) is 0.718.